The molecular weight excluding hydrogens is 282 g/mol. The van der Waals surface area contributed by atoms with Crippen LogP contribution >= 0.6 is 0 Å². The second kappa shape index (κ2) is 5.65. The topological polar surface area (TPSA) is 63.7 Å². The van der Waals surface area contributed by atoms with E-state index in [2.05, 4.69) is 0 Å². The number of nitrogens with zero attached hydrogens (tertiary/aromatic N) is 1. The van der Waals surface area contributed by atoms with Crippen LogP contribution in [0.5, 0.6) is 0 Å². The Balaban J connectivity index is 1.85. The van der Waals surface area contributed by atoms with Crippen LogP contribution in [0.4, 0.5) is 0 Å². The summed E-state index contributed by atoms with van der Waals surface area (Å²) < 4.78 is 5.88. The lowest BCUT2D eigenvalue weighted by molar-refractivity contribution is -0.124. The summed E-state index contributed by atoms with van der Waals surface area (Å²) in [7, 11) is 0. The van der Waals surface area contributed by atoms with Crippen molar-refractivity contribution < 1.29 is 19.1 Å². The van der Waals surface area contributed by atoms with Gasteiger partial charge in [0, 0.05) is 6.42 Å². The molecule has 0 radical (unpaired) electrons. The first-order valence-corrected chi connectivity index (χ1v) is 7.60. The first kappa shape index (κ1) is 14.9. The number of fused-ring (bicyclic) bond motifs is 1. The number of carbonyl (C=O) groups excluding carboxylic acids is 3. The monoisotopic (exact) mass is 301 g/mol. The molecule has 1 fully saturated rings. The molecule has 0 unspecified atom stereocenters. The van der Waals surface area contributed by atoms with Crippen LogP contribution in [0.15, 0.2) is 24.3 Å². The van der Waals surface area contributed by atoms with E-state index in [1.54, 1.807) is 24.3 Å². The van der Waals surface area contributed by atoms with Gasteiger partial charge in [-0.05, 0) is 31.4 Å². The highest BCUT2D eigenvalue weighted by Crippen LogP contribution is 2.34. The fraction of sp³-hybridized carbons (Fsp3) is 0.471. The molecule has 1 aromatic carbocycles. The normalized spacial score (nSPS) is 31.3. The van der Waals surface area contributed by atoms with Crippen LogP contribution in [-0.2, 0) is 9.53 Å². The molecule has 1 saturated heterocycles. The molecule has 4 atom stereocenters. The highest BCUT2D eigenvalue weighted by atomic mass is 16.5. The number of amides is 2. The highest BCUT2D eigenvalue weighted by Gasteiger charge is 2.45. The van der Waals surface area contributed by atoms with Crippen LogP contribution < -0.4 is 0 Å². The smallest absolute Gasteiger partial charge is 0.261 e. The minimum Gasteiger partial charge on any atom is -0.372 e. The largest absolute Gasteiger partial charge is 0.372 e. The van der Waals surface area contributed by atoms with Crippen molar-refractivity contribution in [3.8, 4) is 0 Å². The van der Waals surface area contributed by atoms with Crippen LogP contribution in [0.25, 0.3) is 0 Å². The van der Waals surface area contributed by atoms with Crippen LogP contribution in [0.3, 0.4) is 0 Å². The van der Waals surface area contributed by atoms with E-state index < -0.39 is 0 Å². The van der Waals surface area contributed by atoms with E-state index in [-0.39, 0.29) is 36.0 Å². The Morgan fingerprint density at radius 3 is 2.32 bits per heavy atom. The molecule has 116 valence electrons. The van der Waals surface area contributed by atoms with Crippen molar-refractivity contribution in [2.24, 2.45) is 5.92 Å². The first-order valence-electron chi connectivity index (χ1n) is 7.60. The lowest BCUT2D eigenvalue weighted by Crippen LogP contribution is -2.53. The van der Waals surface area contributed by atoms with Gasteiger partial charge in [0.05, 0.1) is 29.4 Å². The molecule has 1 aromatic rings. The molecule has 0 aliphatic carbocycles. The maximum absolute atomic E-state index is 12.6. The fourth-order valence-electron chi connectivity index (χ4n) is 3.43. The predicted molar refractivity (Wildman–Crippen MR) is 79.5 cm³/mol. The summed E-state index contributed by atoms with van der Waals surface area (Å²) in [4.78, 5) is 37.2. The van der Waals surface area contributed by atoms with Crippen LogP contribution in [0.2, 0.25) is 0 Å². The lowest BCUT2D eigenvalue weighted by Gasteiger charge is -2.41. The average Bonchev–Trinajstić information content (AvgIpc) is 2.76. The van der Waals surface area contributed by atoms with Gasteiger partial charge in [-0.2, -0.15) is 0 Å². The van der Waals surface area contributed by atoms with Gasteiger partial charge in [0.15, 0.2) is 0 Å². The molecule has 22 heavy (non-hydrogen) atoms. The molecule has 5 heteroatoms. The Hall–Kier alpha value is -2.01. The van der Waals surface area contributed by atoms with Crippen molar-refractivity contribution in [2.75, 3.05) is 0 Å². The molecular formula is C17H19NO4. The number of hydrogen-bond donors (Lipinski definition) is 0. The molecule has 3 rings (SSSR count). The number of imide groups is 1. The summed E-state index contributed by atoms with van der Waals surface area (Å²) in [6.07, 6.45) is 1.45. The summed E-state index contributed by atoms with van der Waals surface area (Å²) >= 11 is 0. The van der Waals surface area contributed by atoms with Gasteiger partial charge < -0.3 is 9.53 Å². The second-order valence-electron chi connectivity index (χ2n) is 6.09. The number of hydrogen-bond acceptors (Lipinski definition) is 4. The van der Waals surface area contributed by atoms with Gasteiger partial charge in [-0.25, -0.2) is 0 Å². The maximum atomic E-state index is 12.6. The minimum absolute atomic E-state index is 0.121. The number of aldehydes is 1. The SMILES string of the molecule is C[C@@H]1C[C@@H](N2C(=O)c3ccccc3C2=O)[C@@H](C)O[C@H]1CC=O. The van der Waals surface area contributed by atoms with Crippen LogP contribution in [0, 0.1) is 5.92 Å². The molecule has 0 N–H and O–H groups in total. The Bertz CT molecular complexity index is 592. The molecule has 5 nitrogen and oxygen atoms in total. The molecule has 0 aromatic heterocycles. The molecule has 0 spiro atoms. The average molecular weight is 301 g/mol. The minimum atomic E-state index is -0.287. The van der Waals surface area contributed by atoms with Crippen molar-refractivity contribution in [2.45, 2.75) is 44.9 Å². The summed E-state index contributed by atoms with van der Waals surface area (Å²) in [6.45, 7) is 3.85. The third kappa shape index (κ3) is 2.25. The predicted octanol–water partition coefficient (Wildman–Crippen LogP) is 2.05. The standard InChI is InChI=1S/C17H19NO4/c1-10-9-14(11(2)22-15(10)7-8-19)18-16(20)12-5-3-4-6-13(12)17(18)21/h3-6,8,10-11,14-15H,7,9H2,1-2H3/t10-,11-,14-,15+/m1/s1. The first-order chi connectivity index (χ1) is 10.5. The lowest BCUT2D eigenvalue weighted by atomic mass is 9.88. The Morgan fingerprint density at radius 2 is 1.77 bits per heavy atom. The van der Waals surface area contributed by atoms with Gasteiger partial charge in [0.2, 0.25) is 0 Å². The van der Waals surface area contributed by atoms with Crippen LogP contribution in [0.1, 0.15) is 47.4 Å². The molecule has 2 aliphatic heterocycles. The molecule has 2 heterocycles. The number of rotatable bonds is 3. The summed E-state index contributed by atoms with van der Waals surface area (Å²) in [5.41, 5.74) is 0.921. The van der Waals surface area contributed by atoms with Crippen molar-refractivity contribution >= 4 is 18.1 Å². The zero-order chi connectivity index (χ0) is 15.9. The summed E-state index contributed by atoms with van der Waals surface area (Å²) in [5, 5.41) is 0. The third-order valence-corrected chi connectivity index (χ3v) is 4.66. The summed E-state index contributed by atoms with van der Waals surface area (Å²) in [6, 6.07) is 6.60. The van der Waals surface area contributed by atoms with Crippen molar-refractivity contribution in [1.82, 2.24) is 4.90 Å². The molecule has 0 bridgehead atoms. The number of carbonyl (C=O) groups is 3. The fourth-order valence-corrected chi connectivity index (χ4v) is 3.43. The molecule has 0 saturated carbocycles. The van der Waals surface area contributed by atoms with E-state index >= 15 is 0 Å². The van der Waals surface area contributed by atoms with E-state index in [0.29, 0.717) is 24.0 Å². The van der Waals surface area contributed by atoms with E-state index in [1.807, 2.05) is 13.8 Å². The maximum Gasteiger partial charge on any atom is 0.261 e. The third-order valence-electron chi connectivity index (χ3n) is 4.66. The molecule has 2 aliphatic rings. The van der Waals surface area contributed by atoms with Crippen molar-refractivity contribution in [3.63, 3.8) is 0 Å². The highest BCUT2D eigenvalue weighted by molar-refractivity contribution is 6.21. The van der Waals surface area contributed by atoms with E-state index in [0.717, 1.165) is 6.29 Å². The van der Waals surface area contributed by atoms with Gasteiger partial charge >= 0.3 is 0 Å². The Labute approximate surface area is 129 Å². The number of ether oxygens (including phenoxy) is 1. The van der Waals surface area contributed by atoms with E-state index in [9.17, 15) is 14.4 Å². The van der Waals surface area contributed by atoms with Crippen LogP contribution in [-0.4, -0.2) is 41.3 Å². The number of benzene rings is 1. The van der Waals surface area contributed by atoms with Gasteiger partial charge in [-0.3, -0.25) is 14.5 Å². The van der Waals surface area contributed by atoms with Gasteiger partial charge in [0.25, 0.3) is 11.8 Å². The van der Waals surface area contributed by atoms with E-state index in [1.165, 1.54) is 4.90 Å². The molecule has 2 amide bonds. The Kier molecular flexibility index (Phi) is 3.83. The summed E-state index contributed by atoms with van der Waals surface area (Å²) in [5.74, 6) is -0.375. The van der Waals surface area contributed by atoms with Gasteiger partial charge in [-0.1, -0.05) is 19.1 Å². The Morgan fingerprint density at radius 1 is 1.18 bits per heavy atom. The van der Waals surface area contributed by atoms with Crippen molar-refractivity contribution in [1.29, 1.82) is 0 Å². The second-order valence-corrected chi connectivity index (χ2v) is 6.09. The zero-order valence-corrected chi connectivity index (χ0v) is 12.7. The van der Waals surface area contributed by atoms with Crippen molar-refractivity contribution in [3.05, 3.63) is 35.4 Å². The zero-order valence-electron chi connectivity index (χ0n) is 12.7. The quantitative estimate of drug-likeness (QED) is 0.633. The van der Waals surface area contributed by atoms with Gasteiger partial charge in [-0.15, -0.1) is 0 Å². The van der Waals surface area contributed by atoms with E-state index in [4.69, 9.17) is 4.74 Å². The van der Waals surface area contributed by atoms with Gasteiger partial charge in [0.1, 0.15) is 6.29 Å².